The third-order valence-electron chi connectivity index (χ3n) is 2.52. The van der Waals surface area contributed by atoms with Gasteiger partial charge in [0.15, 0.2) is 0 Å². The average Bonchev–Trinajstić information content (AvgIpc) is 2.84. The van der Waals surface area contributed by atoms with Crippen molar-refractivity contribution >= 4 is 21.6 Å². The summed E-state index contributed by atoms with van der Waals surface area (Å²) in [5.41, 5.74) is -0.435. The number of alkyl halides is 3. The third-order valence-corrected chi connectivity index (χ3v) is 3.21. The van der Waals surface area contributed by atoms with Crippen LogP contribution in [0, 0.1) is 11.3 Å². The van der Waals surface area contributed by atoms with Gasteiger partial charge in [0.05, 0.1) is 12.1 Å². The van der Waals surface area contributed by atoms with E-state index in [-0.39, 0.29) is 12.3 Å². The quantitative estimate of drug-likeness (QED) is 0.888. The van der Waals surface area contributed by atoms with E-state index >= 15 is 0 Å². The summed E-state index contributed by atoms with van der Waals surface area (Å²) in [4.78, 5) is 0. The molecule has 0 radical (unpaired) electrons. The molecule has 0 aliphatic carbocycles. The lowest BCUT2D eigenvalue weighted by Gasteiger charge is -2.11. The lowest BCUT2D eigenvalue weighted by molar-refractivity contribution is -0.137. The van der Waals surface area contributed by atoms with Crippen LogP contribution in [0.5, 0.6) is 0 Å². The Bertz CT molecular complexity index is 658. The van der Waals surface area contributed by atoms with Gasteiger partial charge in [-0.15, -0.1) is 0 Å². The highest BCUT2D eigenvalue weighted by molar-refractivity contribution is 9.10. The molecule has 0 aliphatic heterocycles. The fourth-order valence-electron chi connectivity index (χ4n) is 1.55. The van der Waals surface area contributed by atoms with E-state index in [1.165, 1.54) is 12.1 Å². The van der Waals surface area contributed by atoms with Gasteiger partial charge >= 0.3 is 6.18 Å². The first-order chi connectivity index (χ1) is 9.40. The van der Waals surface area contributed by atoms with Crippen LogP contribution in [0.15, 0.2) is 39.2 Å². The highest BCUT2D eigenvalue weighted by Gasteiger charge is 2.30. The minimum absolute atomic E-state index is 0.157. The Balaban J connectivity index is 2.15. The van der Waals surface area contributed by atoms with E-state index < -0.39 is 11.7 Å². The molecule has 0 amide bonds. The van der Waals surface area contributed by atoms with Crippen LogP contribution >= 0.6 is 15.9 Å². The van der Waals surface area contributed by atoms with Crippen LogP contribution in [0.2, 0.25) is 0 Å². The molecule has 0 fully saturated rings. The maximum Gasteiger partial charge on any atom is 0.416 e. The van der Waals surface area contributed by atoms with Gasteiger partial charge in [0.25, 0.3) is 0 Å². The van der Waals surface area contributed by atoms with Crippen molar-refractivity contribution in [2.24, 2.45) is 0 Å². The molecule has 0 saturated carbocycles. The Morgan fingerprint density at radius 2 is 2.00 bits per heavy atom. The molecule has 1 aromatic heterocycles. The van der Waals surface area contributed by atoms with Crippen molar-refractivity contribution in [2.45, 2.75) is 12.7 Å². The van der Waals surface area contributed by atoms with Crippen molar-refractivity contribution in [3.63, 3.8) is 0 Å². The summed E-state index contributed by atoms with van der Waals surface area (Å²) < 4.78 is 43.5. The molecule has 2 rings (SSSR count). The van der Waals surface area contributed by atoms with Gasteiger partial charge in [-0.1, -0.05) is 0 Å². The molecule has 1 N–H and O–H groups in total. The van der Waals surface area contributed by atoms with Crippen LogP contribution in [0.25, 0.3) is 0 Å². The van der Waals surface area contributed by atoms with E-state index in [0.29, 0.717) is 15.9 Å². The number of benzene rings is 1. The average molecular weight is 345 g/mol. The molecule has 0 atom stereocenters. The predicted octanol–water partition coefficient (Wildman–Crippen LogP) is 4.54. The van der Waals surface area contributed by atoms with Gasteiger partial charge in [0.1, 0.15) is 11.8 Å². The Labute approximate surface area is 121 Å². The van der Waals surface area contributed by atoms with Crippen molar-refractivity contribution in [3.05, 3.63) is 51.9 Å². The maximum absolute atomic E-state index is 12.6. The number of rotatable bonds is 3. The van der Waals surface area contributed by atoms with Gasteiger partial charge in [-0.25, -0.2) is 0 Å². The minimum Gasteiger partial charge on any atom is -0.449 e. The molecule has 1 heterocycles. The summed E-state index contributed by atoms with van der Waals surface area (Å²) in [5.74, 6) is 0.621. The predicted molar refractivity (Wildman–Crippen MR) is 69.9 cm³/mol. The molecule has 0 bridgehead atoms. The van der Waals surface area contributed by atoms with Crippen LogP contribution in [0.4, 0.5) is 18.9 Å². The first-order valence-corrected chi connectivity index (χ1v) is 6.29. The Hall–Kier alpha value is -1.94. The molecule has 3 nitrogen and oxygen atoms in total. The number of nitriles is 1. The second kappa shape index (κ2) is 5.59. The summed E-state index contributed by atoms with van der Waals surface area (Å²) in [6, 6.07) is 8.26. The zero-order valence-electron chi connectivity index (χ0n) is 9.96. The molecule has 7 heteroatoms. The van der Waals surface area contributed by atoms with Gasteiger partial charge in [-0.05, 0) is 46.3 Å². The lowest BCUT2D eigenvalue weighted by Crippen LogP contribution is -2.06. The SMILES string of the molecule is N#Cc1ccc(CNc2cc(C(F)(F)F)ccc2Br)o1. The molecule has 104 valence electrons. The van der Waals surface area contributed by atoms with E-state index in [4.69, 9.17) is 9.68 Å². The lowest BCUT2D eigenvalue weighted by atomic mass is 10.2. The van der Waals surface area contributed by atoms with Crippen molar-refractivity contribution in [2.75, 3.05) is 5.32 Å². The van der Waals surface area contributed by atoms with Crippen LogP contribution in [0.1, 0.15) is 17.1 Å². The number of hydrogen-bond donors (Lipinski definition) is 1. The zero-order valence-corrected chi connectivity index (χ0v) is 11.5. The highest BCUT2D eigenvalue weighted by Crippen LogP contribution is 2.34. The van der Waals surface area contributed by atoms with Gasteiger partial charge in [-0.3, -0.25) is 0 Å². The number of anilines is 1. The fourth-order valence-corrected chi connectivity index (χ4v) is 1.94. The summed E-state index contributed by atoms with van der Waals surface area (Å²) in [6.45, 7) is 0.182. The number of nitrogens with zero attached hydrogens (tertiary/aromatic N) is 1. The van der Waals surface area contributed by atoms with E-state index in [1.807, 2.05) is 6.07 Å². The molecule has 0 spiro atoms. The summed E-state index contributed by atoms with van der Waals surface area (Å²) in [7, 11) is 0. The smallest absolute Gasteiger partial charge is 0.416 e. The van der Waals surface area contributed by atoms with Crippen LogP contribution in [-0.4, -0.2) is 0 Å². The topological polar surface area (TPSA) is 49.0 Å². The number of hydrogen-bond acceptors (Lipinski definition) is 3. The van der Waals surface area contributed by atoms with Crippen molar-refractivity contribution in [1.82, 2.24) is 0 Å². The molecule has 0 saturated heterocycles. The van der Waals surface area contributed by atoms with Crippen molar-refractivity contribution < 1.29 is 17.6 Å². The third kappa shape index (κ3) is 3.33. The molecular weight excluding hydrogens is 337 g/mol. The molecule has 20 heavy (non-hydrogen) atoms. The molecule has 0 aliphatic rings. The Kier molecular flexibility index (Phi) is 4.04. The zero-order chi connectivity index (χ0) is 14.8. The molecule has 2 aromatic rings. The summed E-state index contributed by atoms with van der Waals surface area (Å²) >= 11 is 3.18. The minimum atomic E-state index is -4.39. The molecule has 0 unspecified atom stereocenters. The van der Waals surface area contributed by atoms with Gasteiger partial charge in [0.2, 0.25) is 5.76 Å². The number of furan rings is 1. The standard InChI is InChI=1S/C13H8BrF3N2O/c14-11-4-1-8(13(15,16)17)5-12(11)19-7-10-3-2-9(6-18)20-10/h1-5,19H,7H2. The Morgan fingerprint density at radius 3 is 2.60 bits per heavy atom. The molecule has 1 aromatic carbocycles. The highest BCUT2D eigenvalue weighted by atomic mass is 79.9. The van der Waals surface area contributed by atoms with Gasteiger partial charge in [0, 0.05) is 10.2 Å². The summed E-state index contributed by atoms with van der Waals surface area (Å²) in [5, 5.41) is 11.4. The number of halogens is 4. The monoisotopic (exact) mass is 344 g/mol. The van der Waals surface area contributed by atoms with Gasteiger partial charge < -0.3 is 9.73 Å². The first kappa shape index (κ1) is 14.5. The van der Waals surface area contributed by atoms with E-state index in [1.54, 1.807) is 6.07 Å². The maximum atomic E-state index is 12.6. The largest absolute Gasteiger partial charge is 0.449 e. The van der Waals surface area contributed by atoms with E-state index in [0.717, 1.165) is 12.1 Å². The second-order valence-corrected chi connectivity index (χ2v) is 4.78. The van der Waals surface area contributed by atoms with Crippen LogP contribution in [-0.2, 0) is 12.7 Å². The normalized spacial score (nSPS) is 11.2. The Morgan fingerprint density at radius 1 is 1.25 bits per heavy atom. The number of nitrogens with one attached hydrogen (secondary N) is 1. The van der Waals surface area contributed by atoms with Crippen molar-refractivity contribution in [3.8, 4) is 6.07 Å². The van der Waals surface area contributed by atoms with Crippen LogP contribution < -0.4 is 5.32 Å². The van der Waals surface area contributed by atoms with E-state index in [2.05, 4.69) is 21.2 Å². The van der Waals surface area contributed by atoms with E-state index in [9.17, 15) is 13.2 Å². The fraction of sp³-hybridized carbons (Fsp3) is 0.154. The molecular formula is C13H8BrF3N2O. The summed E-state index contributed by atoms with van der Waals surface area (Å²) in [6.07, 6.45) is -4.39. The second-order valence-electron chi connectivity index (χ2n) is 3.92. The van der Waals surface area contributed by atoms with Gasteiger partial charge in [-0.2, -0.15) is 18.4 Å². The van der Waals surface area contributed by atoms with Crippen LogP contribution in [0.3, 0.4) is 0 Å². The first-order valence-electron chi connectivity index (χ1n) is 5.49. The van der Waals surface area contributed by atoms with Crippen molar-refractivity contribution in [1.29, 1.82) is 5.26 Å².